The number of nitrogens with zero attached hydrogens (tertiary/aromatic N) is 2. The van der Waals surface area contributed by atoms with Crippen molar-refractivity contribution in [2.75, 3.05) is 20.1 Å². The van der Waals surface area contributed by atoms with E-state index >= 15 is 0 Å². The molecule has 3 nitrogen and oxygen atoms in total. The van der Waals surface area contributed by atoms with E-state index in [1.165, 1.54) is 0 Å². The molecule has 0 aromatic carbocycles. The van der Waals surface area contributed by atoms with Crippen LogP contribution in [0, 0.1) is 17.2 Å². The molecule has 62 valence electrons. The van der Waals surface area contributed by atoms with Gasteiger partial charge in [-0.15, -0.1) is 0 Å². The van der Waals surface area contributed by atoms with E-state index in [9.17, 15) is 5.11 Å². The monoisotopic (exact) mass is 154 g/mol. The molecule has 0 radical (unpaired) electrons. The molecule has 1 aliphatic rings. The summed E-state index contributed by atoms with van der Waals surface area (Å²) < 4.78 is 0. The van der Waals surface area contributed by atoms with Crippen molar-refractivity contribution in [3.8, 4) is 6.07 Å². The third-order valence-corrected chi connectivity index (χ3v) is 2.47. The van der Waals surface area contributed by atoms with Gasteiger partial charge in [0.15, 0.2) is 5.60 Å². The Morgan fingerprint density at radius 3 is 2.82 bits per heavy atom. The SMILES string of the molecule is CC1CN(C)CCC1(O)C#N. The van der Waals surface area contributed by atoms with Gasteiger partial charge in [-0.05, 0) is 7.05 Å². The maximum atomic E-state index is 9.68. The molecule has 1 heterocycles. The molecular formula is C8H14N2O. The fourth-order valence-electron chi connectivity index (χ4n) is 1.48. The highest BCUT2D eigenvalue weighted by Gasteiger charge is 2.37. The molecule has 0 aliphatic carbocycles. The minimum absolute atomic E-state index is 0.0613. The topological polar surface area (TPSA) is 47.3 Å². The van der Waals surface area contributed by atoms with Crippen LogP contribution < -0.4 is 0 Å². The van der Waals surface area contributed by atoms with Crippen molar-refractivity contribution in [3.05, 3.63) is 0 Å². The van der Waals surface area contributed by atoms with E-state index in [1.807, 2.05) is 20.0 Å². The van der Waals surface area contributed by atoms with Crippen LogP contribution in [0.15, 0.2) is 0 Å². The van der Waals surface area contributed by atoms with Crippen LogP contribution in [0.25, 0.3) is 0 Å². The quantitative estimate of drug-likeness (QED) is 0.507. The Kier molecular flexibility index (Phi) is 2.17. The van der Waals surface area contributed by atoms with Crippen LogP contribution >= 0.6 is 0 Å². The third kappa shape index (κ3) is 1.52. The van der Waals surface area contributed by atoms with Crippen molar-refractivity contribution in [2.45, 2.75) is 18.9 Å². The van der Waals surface area contributed by atoms with Gasteiger partial charge in [0.25, 0.3) is 0 Å². The average Bonchev–Trinajstić information content (AvgIpc) is 1.98. The zero-order chi connectivity index (χ0) is 8.48. The number of likely N-dealkylation sites (tertiary alicyclic amines) is 1. The second kappa shape index (κ2) is 2.80. The van der Waals surface area contributed by atoms with Crippen LogP contribution in [-0.2, 0) is 0 Å². The Hall–Kier alpha value is -0.590. The van der Waals surface area contributed by atoms with Gasteiger partial charge >= 0.3 is 0 Å². The second-order valence-electron chi connectivity index (χ2n) is 3.45. The summed E-state index contributed by atoms with van der Waals surface area (Å²) >= 11 is 0. The van der Waals surface area contributed by atoms with Crippen LogP contribution in [0.5, 0.6) is 0 Å². The highest BCUT2D eigenvalue weighted by Crippen LogP contribution is 2.25. The molecule has 2 atom stereocenters. The van der Waals surface area contributed by atoms with Gasteiger partial charge in [0.05, 0.1) is 6.07 Å². The number of aliphatic hydroxyl groups is 1. The van der Waals surface area contributed by atoms with Crippen molar-refractivity contribution >= 4 is 0 Å². The van der Waals surface area contributed by atoms with Gasteiger partial charge in [0.1, 0.15) is 0 Å². The summed E-state index contributed by atoms with van der Waals surface area (Å²) in [4.78, 5) is 2.14. The molecule has 1 saturated heterocycles. The predicted octanol–water partition coefficient (Wildman–Crippen LogP) is 0.213. The maximum Gasteiger partial charge on any atom is 0.156 e. The van der Waals surface area contributed by atoms with Gasteiger partial charge < -0.3 is 10.0 Å². The molecule has 1 fully saturated rings. The highest BCUT2D eigenvalue weighted by atomic mass is 16.3. The number of hydrogen-bond donors (Lipinski definition) is 1. The molecular weight excluding hydrogens is 140 g/mol. The molecule has 1 rings (SSSR count). The average molecular weight is 154 g/mol. The lowest BCUT2D eigenvalue weighted by molar-refractivity contribution is -0.0141. The van der Waals surface area contributed by atoms with Crippen molar-refractivity contribution < 1.29 is 5.11 Å². The van der Waals surface area contributed by atoms with Crippen LogP contribution in [0.1, 0.15) is 13.3 Å². The maximum absolute atomic E-state index is 9.68. The smallest absolute Gasteiger partial charge is 0.156 e. The first-order valence-electron chi connectivity index (χ1n) is 3.90. The summed E-state index contributed by atoms with van der Waals surface area (Å²) in [5, 5.41) is 18.4. The summed E-state index contributed by atoms with van der Waals surface area (Å²) in [6.45, 7) is 3.54. The molecule has 0 amide bonds. The Balaban J connectivity index is 2.66. The third-order valence-electron chi connectivity index (χ3n) is 2.47. The van der Waals surface area contributed by atoms with Crippen molar-refractivity contribution in [3.63, 3.8) is 0 Å². The minimum Gasteiger partial charge on any atom is -0.375 e. The lowest BCUT2D eigenvalue weighted by Gasteiger charge is -2.37. The molecule has 1 aliphatic heterocycles. The van der Waals surface area contributed by atoms with Crippen LogP contribution in [0.3, 0.4) is 0 Å². The molecule has 2 unspecified atom stereocenters. The zero-order valence-electron chi connectivity index (χ0n) is 7.04. The molecule has 3 heteroatoms. The zero-order valence-corrected chi connectivity index (χ0v) is 7.04. The molecule has 0 saturated carbocycles. The van der Waals surface area contributed by atoms with E-state index in [0.717, 1.165) is 13.1 Å². The summed E-state index contributed by atoms with van der Waals surface area (Å²) in [5.41, 5.74) is -1.08. The van der Waals surface area contributed by atoms with Gasteiger partial charge in [0, 0.05) is 25.4 Å². The van der Waals surface area contributed by atoms with Crippen molar-refractivity contribution in [1.82, 2.24) is 4.90 Å². The van der Waals surface area contributed by atoms with E-state index in [4.69, 9.17) is 5.26 Å². The molecule has 0 aromatic rings. The Morgan fingerprint density at radius 2 is 2.36 bits per heavy atom. The molecule has 11 heavy (non-hydrogen) atoms. The van der Waals surface area contributed by atoms with Crippen molar-refractivity contribution in [2.24, 2.45) is 5.92 Å². The largest absolute Gasteiger partial charge is 0.375 e. The lowest BCUT2D eigenvalue weighted by Crippen LogP contribution is -2.48. The standard InChI is InChI=1S/C8H14N2O/c1-7-5-10(2)4-3-8(7,11)6-9/h7,11H,3-5H2,1-2H3. The summed E-state index contributed by atoms with van der Waals surface area (Å²) in [7, 11) is 2.01. The van der Waals surface area contributed by atoms with E-state index in [2.05, 4.69) is 4.90 Å². The van der Waals surface area contributed by atoms with Gasteiger partial charge in [-0.1, -0.05) is 6.92 Å². The highest BCUT2D eigenvalue weighted by molar-refractivity contribution is 5.06. The molecule has 0 bridgehead atoms. The van der Waals surface area contributed by atoms with Gasteiger partial charge in [-0.25, -0.2) is 0 Å². The van der Waals surface area contributed by atoms with E-state index in [1.54, 1.807) is 0 Å². The fourth-order valence-corrected chi connectivity index (χ4v) is 1.48. The minimum atomic E-state index is -1.08. The first-order chi connectivity index (χ1) is 5.08. The second-order valence-corrected chi connectivity index (χ2v) is 3.45. The fraction of sp³-hybridized carbons (Fsp3) is 0.875. The summed E-state index contributed by atoms with van der Waals surface area (Å²) in [6.07, 6.45) is 0.571. The molecule has 0 spiro atoms. The first kappa shape index (κ1) is 8.51. The van der Waals surface area contributed by atoms with E-state index < -0.39 is 5.60 Å². The van der Waals surface area contributed by atoms with E-state index in [-0.39, 0.29) is 5.92 Å². The predicted molar refractivity (Wildman–Crippen MR) is 41.8 cm³/mol. The normalized spacial score (nSPS) is 40.0. The van der Waals surface area contributed by atoms with Crippen LogP contribution in [0.2, 0.25) is 0 Å². The number of nitriles is 1. The Morgan fingerprint density at radius 1 is 1.73 bits per heavy atom. The van der Waals surface area contributed by atoms with Gasteiger partial charge in [0.2, 0.25) is 0 Å². The van der Waals surface area contributed by atoms with Crippen molar-refractivity contribution in [1.29, 1.82) is 5.26 Å². The summed E-state index contributed by atoms with van der Waals surface area (Å²) in [6, 6.07) is 1.98. The number of rotatable bonds is 0. The number of piperidine rings is 1. The van der Waals surface area contributed by atoms with Gasteiger partial charge in [-0.2, -0.15) is 5.26 Å². The number of hydrogen-bond acceptors (Lipinski definition) is 3. The summed E-state index contributed by atoms with van der Waals surface area (Å²) in [5.74, 6) is 0.0613. The Bertz CT molecular complexity index is 187. The van der Waals surface area contributed by atoms with Gasteiger partial charge in [-0.3, -0.25) is 0 Å². The first-order valence-corrected chi connectivity index (χ1v) is 3.90. The van der Waals surface area contributed by atoms with Crippen LogP contribution in [0.4, 0.5) is 0 Å². The lowest BCUT2D eigenvalue weighted by atomic mass is 9.84. The molecule has 0 aromatic heterocycles. The van der Waals surface area contributed by atoms with Crippen LogP contribution in [-0.4, -0.2) is 35.7 Å². The Labute approximate surface area is 67.2 Å². The molecule has 1 N–H and O–H groups in total. The van der Waals surface area contributed by atoms with E-state index in [0.29, 0.717) is 6.42 Å².